The van der Waals surface area contributed by atoms with Crippen LogP contribution in [0.25, 0.3) is 27.9 Å². The van der Waals surface area contributed by atoms with E-state index in [4.69, 9.17) is 4.74 Å². The van der Waals surface area contributed by atoms with Gasteiger partial charge in [0.15, 0.2) is 6.10 Å². The van der Waals surface area contributed by atoms with Crippen LogP contribution in [0, 0.1) is 6.92 Å². The first kappa shape index (κ1) is 24.5. The van der Waals surface area contributed by atoms with Crippen molar-refractivity contribution in [2.45, 2.75) is 25.9 Å². The van der Waals surface area contributed by atoms with Gasteiger partial charge in [-0.15, -0.1) is 0 Å². The van der Waals surface area contributed by atoms with Crippen molar-refractivity contribution in [2.24, 2.45) is 7.05 Å². The number of hydrogen-bond donors (Lipinski definition) is 2. The number of aromatic nitrogens is 5. The van der Waals surface area contributed by atoms with E-state index in [1.54, 1.807) is 12.3 Å². The first-order valence-electron chi connectivity index (χ1n) is 12.6. The number of amides is 1. The summed E-state index contributed by atoms with van der Waals surface area (Å²) in [7, 11) is 1.94. The predicted octanol–water partition coefficient (Wildman–Crippen LogP) is 5.13. The summed E-state index contributed by atoms with van der Waals surface area (Å²) in [4.78, 5) is 29.3. The minimum atomic E-state index is -0.813. The summed E-state index contributed by atoms with van der Waals surface area (Å²) >= 11 is 0. The molecule has 0 saturated heterocycles. The van der Waals surface area contributed by atoms with Crippen molar-refractivity contribution < 1.29 is 13.9 Å². The van der Waals surface area contributed by atoms with Crippen LogP contribution in [-0.4, -0.2) is 43.1 Å². The molecule has 1 atom stereocenters. The topological polar surface area (TPSA) is 107 Å². The second kappa shape index (κ2) is 9.79. The van der Waals surface area contributed by atoms with Gasteiger partial charge >= 0.3 is 6.01 Å². The molecule has 196 valence electrons. The number of ether oxygens (including phenoxy) is 1. The van der Waals surface area contributed by atoms with Crippen LogP contribution >= 0.6 is 0 Å². The molecule has 4 heterocycles. The number of rotatable bonds is 5. The van der Waals surface area contributed by atoms with Gasteiger partial charge in [-0.25, -0.2) is 24.3 Å². The molecule has 10 heteroatoms. The van der Waals surface area contributed by atoms with Crippen LogP contribution in [0.15, 0.2) is 73.0 Å². The molecular weight excluding hydrogens is 497 g/mol. The van der Waals surface area contributed by atoms with Crippen LogP contribution in [-0.2, 0) is 11.8 Å². The van der Waals surface area contributed by atoms with E-state index in [-0.39, 0.29) is 17.7 Å². The minimum absolute atomic E-state index is 0.154. The summed E-state index contributed by atoms with van der Waals surface area (Å²) in [6, 6.07) is 9.42. The Balaban J connectivity index is 1.48. The molecule has 9 nitrogen and oxygen atoms in total. The van der Waals surface area contributed by atoms with Crippen molar-refractivity contribution in [2.75, 3.05) is 17.2 Å². The highest BCUT2D eigenvalue weighted by Gasteiger charge is 2.33. The second-order valence-corrected chi connectivity index (χ2v) is 9.42. The molecule has 6 rings (SSSR count). The first-order chi connectivity index (χ1) is 18.9. The van der Waals surface area contributed by atoms with Gasteiger partial charge in [0, 0.05) is 43.2 Å². The molecule has 0 bridgehead atoms. The monoisotopic (exact) mass is 523 g/mol. The summed E-state index contributed by atoms with van der Waals surface area (Å²) in [6.45, 7) is 5.84. The zero-order chi connectivity index (χ0) is 27.1. The predicted molar refractivity (Wildman–Crippen MR) is 148 cm³/mol. The summed E-state index contributed by atoms with van der Waals surface area (Å²) in [5.74, 6) is 0.0929. The fourth-order valence-electron chi connectivity index (χ4n) is 5.19. The lowest BCUT2D eigenvalue weighted by Crippen LogP contribution is -2.24. The molecular formula is C29H26FN7O2. The van der Waals surface area contributed by atoms with Gasteiger partial charge in [0.1, 0.15) is 23.6 Å². The highest BCUT2D eigenvalue weighted by atomic mass is 19.1. The van der Waals surface area contributed by atoms with Gasteiger partial charge in [0.2, 0.25) is 5.91 Å². The number of fused-ring (bicyclic) bond motifs is 2. The molecule has 0 saturated carbocycles. The number of halogens is 1. The van der Waals surface area contributed by atoms with Crippen LogP contribution in [0.1, 0.15) is 24.1 Å². The molecule has 39 heavy (non-hydrogen) atoms. The fraction of sp³-hybridized carbons (Fsp3) is 0.207. The van der Waals surface area contributed by atoms with Crippen LogP contribution < -0.4 is 15.4 Å². The Bertz CT molecular complexity index is 1690. The number of hydrogen-bond acceptors (Lipinski definition) is 7. The lowest BCUT2D eigenvalue weighted by Gasteiger charge is -2.27. The number of carbonyl (C=O) groups excluding carboxylic acids is 1. The highest BCUT2D eigenvalue weighted by molar-refractivity contribution is 6.08. The van der Waals surface area contributed by atoms with E-state index in [1.165, 1.54) is 12.4 Å². The van der Waals surface area contributed by atoms with E-state index < -0.39 is 6.10 Å². The molecule has 3 aromatic heterocycles. The molecule has 1 unspecified atom stereocenters. The summed E-state index contributed by atoms with van der Waals surface area (Å²) in [5, 5.41) is 6.97. The third kappa shape index (κ3) is 4.33. The number of nitrogens with one attached hydrogen (secondary N) is 2. The third-order valence-electron chi connectivity index (χ3n) is 6.97. The number of carbonyl (C=O) groups is 1. The van der Waals surface area contributed by atoms with Gasteiger partial charge in [-0.2, -0.15) is 0 Å². The molecule has 2 aliphatic rings. The summed E-state index contributed by atoms with van der Waals surface area (Å²) in [5.41, 5.74) is 6.12. The van der Waals surface area contributed by atoms with Crippen LogP contribution in [0.2, 0.25) is 0 Å². The molecule has 1 aliphatic heterocycles. The van der Waals surface area contributed by atoms with Crippen molar-refractivity contribution in [1.29, 1.82) is 0 Å². The largest absolute Gasteiger partial charge is 0.452 e. The van der Waals surface area contributed by atoms with Crippen molar-refractivity contribution in [3.05, 3.63) is 84.2 Å². The average molecular weight is 524 g/mol. The minimum Gasteiger partial charge on any atom is -0.452 e. The van der Waals surface area contributed by atoms with Crippen LogP contribution in [0.4, 0.5) is 15.9 Å². The van der Waals surface area contributed by atoms with Crippen molar-refractivity contribution in [3.8, 4) is 17.3 Å². The lowest BCUT2D eigenvalue weighted by molar-refractivity contribution is -0.111. The first-order valence-corrected chi connectivity index (χ1v) is 12.6. The Morgan fingerprint density at radius 2 is 2.05 bits per heavy atom. The Morgan fingerprint density at radius 1 is 1.23 bits per heavy atom. The summed E-state index contributed by atoms with van der Waals surface area (Å²) in [6.07, 6.45) is 6.33. The third-order valence-corrected chi connectivity index (χ3v) is 6.97. The van der Waals surface area contributed by atoms with Crippen molar-refractivity contribution in [1.82, 2.24) is 24.5 Å². The van der Waals surface area contributed by atoms with Crippen LogP contribution in [0.3, 0.4) is 0 Å². The van der Waals surface area contributed by atoms with E-state index in [2.05, 4.69) is 37.1 Å². The highest BCUT2D eigenvalue weighted by Crippen LogP contribution is 2.46. The van der Waals surface area contributed by atoms with E-state index in [0.29, 0.717) is 36.5 Å². The van der Waals surface area contributed by atoms with Gasteiger partial charge in [0.05, 0.1) is 11.1 Å². The van der Waals surface area contributed by atoms with E-state index >= 15 is 4.39 Å². The van der Waals surface area contributed by atoms with E-state index in [0.717, 1.165) is 39.1 Å². The van der Waals surface area contributed by atoms with Crippen molar-refractivity contribution >= 4 is 34.0 Å². The Hall–Kier alpha value is -4.86. The smallest absolute Gasteiger partial charge is 0.317 e. The van der Waals surface area contributed by atoms with E-state index in [9.17, 15) is 4.79 Å². The van der Waals surface area contributed by atoms with E-state index in [1.807, 2.05) is 48.9 Å². The average Bonchev–Trinajstić information content (AvgIpc) is 3.22. The van der Waals surface area contributed by atoms with Gasteiger partial charge in [0.25, 0.3) is 0 Å². The number of benzene rings is 1. The molecule has 0 radical (unpaired) electrons. The standard InChI is InChI=1S/C29H26FN7O2/c1-4-22(38)36-18-7-5-17(6-8-18)26-23-19-9-10-21(39-29-32-13-11-16(2)35-29)25(30)20(19)12-14-31-27-24(23)28(37(26)3)34-15-33-27/h4-9,11,13,15,21H,1,10,12,14H2,2-3H3,(H,36,38)(H,31,33,34). The summed E-state index contributed by atoms with van der Waals surface area (Å²) < 4.78 is 24.0. The quantitative estimate of drug-likeness (QED) is 0.349. The fourth-order valence-corrected chi connectivity index (χ4v) is 5.19. The van der Waals surface area contributed by atoms with Crippen LogP contribution in [0.5, 0.6) is 6.01 Å². The van der Waals surface area contributed by atoms with Gasteiger partial charge in [-0.3, -0.25) is 4.79 Å². The maximum atomic E-state index is 16.1. The number of nitrogens with zero attached hydrogens (tertiary/aromatic N) is 5. The lowest BCUT2D eigenvalue weighted by atomic mass is 9.85. The number of allylic oxidation sites excluding steroid dienone is 1. The zero-order valence-electron chi connectivity index (χ0n) is 21.5. The molecule has 0 fully saturated rings. The van der Waals surface area contributed by atoms with Gasteiger partial charge in [-0.1, -0.05) is 24.8 Å². The van der Waals surface area contributed by atoms with Gasteiger partial charge in [-0.05, 0) is 54.3 Å². The maximum absolute atomic E-state index is 16.1. The molecule has 1 amide bonds. The molecule has 1 aromatic carbocycles. The SMILES string of the molecule is C=CC(=O)Nc1ccc(-c2c3c4c(ncnc4n2C)NCCC2=C(F)C(Oc4nccc(C)n4)CC=C23)cc1. The molecule has 0 spiro atoms. The van der Waals surface area contributed by atoms with Crippen molar-refractivity contribution in [3.63, 3.8) is 0 Å². The molecule has 1 aliphatic carbocycles. The number of aryl methyl sites for hydroxylation is 2. The number of anilines is 2. The second-order valence-electron chi connectivity index (χ2n) is 9.42. The zero-order valence-corrected chi connectivity index (χ0v) is 21.5. The maximum Gasteiger partial charge on any atom is 0.317 e. The molecule has 2 N–H and O–H groups in total. The Morgan fingerprint density at radius 3 is 2.82 bits per heavy atom. The Labute approximate surface area is 224 Å². The molecule has 4 aromatic rings. The Kier molecular flexibility index (Phi) is 6.14. The normalized spacial score (nSPS) is 16.5. The van der Waals surface area contributed by atoms with Gasteiger partial charge < -0.3 is 19.9 Å².